The number of fused-ring (bicyclic) bond motifs is 1. The third-order valence-corrected chi connectivity index (χ3v) is 4.38. The molecule has 2 heterocycles. The van der Waals surface area contributed by atoms with Crippen LogP contribution in [0.2, 0.25) is 0 Å². The van der Waals surface area contributed by atoms with Crippen molar-refractivity contribution in [3.63, 3.8) is 0 Å². The largest absolute Gasteiger partial charge is 0.323 e. The van der Waals surface area contributed by atoms with Crippen LogP contribution in [0.5, 0.6) is 0 Å². The van der Waals surface area contributed by atoms with E-state index in [4.69, 9.17) is 0 Å². The van der Waals surface area contributed by atoms with Crippen LogP contribution in [0, 0.1) is 0 Å². The number of rotatable bonds is 3. The number of piperidine rings is 1. The van der Waals surface area contributed by atoms with Crippen LogP contribution < -0.4 is 11.0 Å². The molecule has 1 saturated heterocycles. The fourth-order valence-electron chi connectivity index (χ4n) is 2.93. The molecule has 5 nitrogen and oxygen atoms in total. The van der Waals surface area contributed by atoms with Crippen molar-refractivity contribution in [2.45, 2.75) is 38.4 Å². The van der Waals surface area contributed by atoms with Crippen LogP contribution in [0.15, 0.2) is 23.0 Å². The Hall–Kier alpha value is -1.59. The van der Waals surface area contributed by atoms with Crippen molar-refractivity contribution in [2.24, 2.45) is 0 Å². The van der Waals surface area contributed by atoms with E-state index in [0.29, 0.717) is 12.1 Å². The van der Waals surface area contributed by atoms with Crippen molar-refractivity contribution in [3.8, 4) is 0 Å². The minimum atomic E-state index is -0.144. The number of H-pyrrole nitrogens is 2. The Morgan fingerprint density at radius 1 is 1.35 bits per heavy atom. The molecular weight excluding hydrogens is 252 g/mol. The Labute approximate surface area is 118 Å². The average Bonchev–Trinajstić information content (AvgIpc) is 2.79. The number of likely N-dealkylation sites (tertiary alicyclic amines) is 1. The number of hydrogen-bond donors (Lipinski definition) is 3. The summed E-state index contributed by atoms with van der Waals surface area (Å²) in [5.74, 6) is 0. The highest BCUT2D eigenvalue weighted by Crippen LogP contribution is 2.16. The third kappa shape index (κ3) is 2.78. The Balaban J connectivity index is 1.63. The molecule has 1 fully saturated rings. The minimum absolute atomic E-state index is 0.144. The van der Waals surface area contributed by atoms with Gasteiger partial charge in [0.05, 0.1) is 11.0 Å². The molecule has 108 valence electrons. The van der Waals surface area contributed by atoms with E-state index in [1.54, 1.807) is 0 Å². The number of imidazole rings is 1. The first-order chi connectivity index (χ1) is 9.61. The molecule has 5 heteroatoms. The van der Waals surface area contributed by atoms with Crippen molar-refractivity contribution in [2.75, 3.05) is 13.6 Å². The molecule has 0 bridgehead atoms. The molecule has 2 atom stereocenters. The molecule has 0 amide bonds. The van der Waals surface area contributed by atoms with Crippen molar-refractivity contribution in [3.05, 3.63) is 34.2 Å². The lowest BCUT2D eigenvalue weighted by molar-refractivity contribution is 0.168. The highest BCUT2D eigenvalue weighted by atomic mass is 16.1. The van der Waals surface area contributed by atoms with Crippen molar-refractivity contribution in [1.82, 2.24) is 20.2 Å². The first-order valence-electron chi connectivity index (χ1n) is 7.26. The predicted molar refractivity (Wildman–Crippen MR) is 80.9 cm³/mol. The molecule has 20 heavy (non-hydrogen) atoms. The lowest BCUT2D eigenvalue weighted by atomic mass is 9.98. The van der Waals surface area contributed by atoms with Gasteiger partial charge in [-0.1, -0.05) is 6.07 Å². The Morgan fingerprint density at radius 3 is 2.95 bits per heavy atom. The van der Waals surface area contributed by atoms with Gasteiger partial charge in [-0.15, -0.1) is 0 Å². The van der Waals surface area contributed by atoms with Crippen LogP contribution in [0.4, 0.5) is 0 Å². The van der Waals surface area contributed by atoms with E-state index in [2.05, 4.69) is 40.2 Å². The van der Waals surface area contributed by atoms with Gasteiger partial charge in [-0.25, -0.2) is 4.79 Å². The fourth-order valence-corrected chi connectivity index (χ4v) is 2.93. The van der Waals surface area contributed by atoms with Gasteiger partial charge >= 0.3 is 5.69 Å². The number of hydrogen-bond acceptors (Lipinski definition) is 3. The third-order valence-electron chi connectivity index (χ3n) is 4.38. The normalized spacial score (nSPS) is 24.3. The van der Waals surface area contributed by atoms with E-state index in [9.17, 15) is 4.79 Å². The molecule has 3 N–H and O–H groups in total. The lowest BCUT2D eigenvalue weighted by Crippen LogP contribution is -2.45. The molecule has 1 aliphatic heterocycles. The van der Waals surface area contributed by atoms with E-state index in [0.717, 1.165) is 24.1 Å². The Bertz CT molecular complexity index is 645. The van der Waals surface area contributed by atoms with Crippen molar-refractivity contribution < 1.29 is 0 Å². The van der Waals surface area contributed by atoms with Gasteiger partial charge in [0.2, 0.25) is 0 Å². The summed E-state index contributed by atoms with van der Waals surface area (Å²) in [6, 6.07) is 7.30. The van der Waals surface area contributed by atoms with Crippen LogP contribution in [0.25, 0.3) is 11.0 Å². The zero-order valence-corrected chi connectivity index (χ0v) is 12.1. The first kappa shape index (κ1) is 13.4. The van der Waals surface area contributed by atoms with Gasteiger partial charge in [0.1, 0.15) is 0 Å². The number of nitrogens with one attached hydrogen (secondary N) is 3. The average molecular weight is 274 g/mol. The summed E-state index contributed by atoms with van der Waals surface area (Å²) in [6.07, 6.45) is 2.39. The van der Waals surface area contributed by atoms with Crippen LogP contribution in [0.1, 0.15) is 25.3 Å². The van der Waals surface area contributed by atoms with Gasteiger partial charge in [-0.3, -0.25) is 0 Å². The summed E-state index contributed by atoms with van der Waals surface area (Å²) >= 11 is 0. The second-order valence-corrected chi connectivity index (χ2v) is 5.89. The summed E-state index contributed by atoms with van der Waals surface area (Å²) in [5, 5.41) is 3.63. The van der Waals surface area contributed by atoms with Crippen LogP contribution in [-0.2, 0) is 6.54 Å². The topological polar surface area (TPSA) is 63.9 Å². The SMILES string of the molecule is C[C@@H]1C[C@@H](NCc2ccc3[nH]c(=O)[nH]c3c2)CCN1C. The zero-order chi connectivity index (χ0) is 14.1. The molecule has 3 rings (SSSR count). The number of nitrogens with zero attached hydrogens (tertiary/aromatic N) is 1. The molecular formula is C15H22N4O. The second-order valence-electron chi connectivity index (χ2n) is 5.89. The predicted octanol–water partition coefficient (Wildman–Crippen LogP) is 1.43. The standard InChI is InChI=1S/C15H22N4O/c1-10-7-12(5-6-19(10)2)16-9-11-3-4-13-14(8-11)18-15(20)17-13/h3-4,8,10,12,16H,5-7,9H2,1-2H3,(H2,17,18,20)/t10-,12+/m1/s1. The van der Waals surface area contributed by atoms with E-state index in [1.165, 1.54) is 18.4 Å². The molecule has 0 radical (unpaired) electrons. The number of benzene rings is 1. The van der Waals surface area contributed by atoms with Crippen LogP contribution in [0.3, 0.4) is 0 Å². The maximum absolute atomic E-state index is 11.2. The summed E-state index contributed by atoms with van der Waals surface area (Å²) in [6.45, 7) is 4.29. The van der Waals surface area contributed by atoms with Gasteiger partial charge in [-0.05, 0) is 51.1 Å². The quantitative estimate of drug-likeness (QED) is 0.793. The van der Waals surface area contributed by atoms with E-state index in [-0.39, 0.29) is 5.69 Å². The second kappa shape index (κ2) is 5.42. The monoisotopic (exact) mass is 274 g/mol. The molecule has 0 saturated carbocycles. The van der Waals surface area contributed by atoms with Gasteiger partial charge in [0.25, 0.3) is 0 Å². The highest BCUT2D eigenvalue weighted by Gasteiger charge is 2.22. The van der Waals surface area contributed by atoms with E-state index < -0.39 is 0 Å². The zero-order valence-electron chi connectivity index (χ0n) is 12.1. The molecule has 0 unspecified atom stereocenters. The summed E-state index contributed by atoms with van der Waals surface area (Å²) in [7, 11) is 2.19. The van der Waals surface area contributed by atoms with Crippen LogP contribution >= 0.6 is 0 Å². The first-order valence-corrected chi connectivity index (χ1v) is 7.26. The number of aromatic amines is 2. The highest BCUT2D eigenvalue weighted by molar-refractivity contribution is 5.74. The minimum Gasteiger partial charge on any atom is -0.310 e. The fraction of sp³-hybridized carbons (Fsp3) is 0.533. The Morgan fingerprint density at radius 2 is 2.15 bits per heavy atom. The summed E-state index contributed by atoms with van der Waals surface area (Å²) in [5.41, 5.74) is 2.81. The van der Waals surface area contributed by atoms with Crippen molar-refractivity contribution in [1.29, 1.82) is 0 Å². The molecule has 1 aromatic heterocycles. The molecule has 1 aromatic carbocycles. The maximum atomic E-state index is 11.2. The molecule has 2 aromatic rings. The lowest BCUT2D eigenvalue weighted by Gasteiger charge is -2.35. The summed E-state index contributed by atoms with van der Waals surface area (Å²) in [4.78, 5) is 19.2. The summed E-state index contributed by atoms with van der Waals surface area (Å²) < 4.78 is 0. The van der Waals surface area contributed by atoms with Gasteiger partial charge in [0.15, 0.2) is 0 Å². The van der Waals surface area contributed by atoms with Crippen molar-refractivity contribution >= 4 is 11.0 Å². The number of aromatic nitrogens is 2. The molecule has 0 spiro atoms. The van der Waals surface area contributed by atoms with Gasteiger partial charge in [-0.2, -0.15) is 0 Å². The molecule has 0 aliphatic carbocycles. The van der Waals surface area contributed by atoms with E-state index in [1.807, 2.05) is 12.1 Å². The van der Waals surface area contributed by atoms with Gasteiger partial charge in [0, 0.05) is 18.6 Å². The maximum Gasteiger partial charge on any atom is 0.323 e. The smallest absolute Gasteiger partial charge is 0.310 e. The van der Waals surface area contributed by atoms with Gasteiger partial charge < -0.3 is 20.2 Å². The Kier molecular flexibility index (Phi) is 3.63. The van der Waals surface area contributed by atoms with E-state index >= 15 is 0 Å². The molecule has 1 aliphatic rings. The van der Waals surface area contributed by atoms with Crippen LogP contribution in [-0.4, -0.2) is 40.5 Å².